The molecule has 1 atom stereocenters. The number of cyclic esters (lactones) is 1. The molecule has 0 saturated carbocycles. The molecule has 0 aromatic carbocycles. The molecular formula is C46H83N11O15S2. The van der Waals surface area contributed by atoms with Gasteiger partial charge >= 0.3 is 24.1 Å². The standard InChI is InChI=1S/C7H12N2O2.C7H11NO3.2C7H11NO2.C6H11N3.C6H14N2O3S.C6H13NO3S/c1-7(2,3)9-4-5(10)8-6(9)11;1-7(2,3)4-5(9)8-6(10)11-4;1-7(2,3)5-4-6(9)8-10-5;1-7(2,3)5-4-6(9)10-8-5;1-6(2,3)5-4-7-9-8-5;1-6(2,3)7-5(9)8-12(4,10)11;1-6(2,3)5(8)7-11(4,9)10/h4H2,1-3H3,(H,8,10,11);4H,1-3H3,(H,8,9,10);4H,1-3H3,(H,8,9);4H2,1-3H3;4H2,1-3H3;1-4H3,(H2,7,8,9);1-4H3,(H,7,8). The van der Waals surface area contributed by atoms with Crippen LogP contribution in [0.5, 0.6) is 0 Å². The van der Waals surface area contributed by atoms with Crippen LogP contribution < -0.4 is 31.0 Å². The number of ether oxygens (including phenoxy) is 1. The fourth-order valence-corrected chi connectivity index (χ4v) is 5.76. The topological polar surface area (TPSA) is 365 Å². The molecule has 26 nitrogen and oxygen atoms in total. The Labute approximate surface area is 436 Å². The molecule has 0 radical (unpaired) electrons. The van der Waals surface area contributed by atoms with Crippen LogP contribution in [0.25, 0.3) is 0 Å². The third-order valence-corrected chi connectivity index (χ3v) is 9.93. The Morgan fingerprint density at radius 1 is 0.703 bits per heavy atom. The smallest absolute Gasteiger partial charge is 0.414 e. The molecule has 424 valence electrons. The highest BCUT2D eigenvalue weighted by Crippen LogP contribution is 2.25. The molecule has 5 rings (SSSR count). The first-order chi connectivity index (χ1) is 32.7. The lowest BCUT2D eigenvalue weighted by atomic mass is 9.88. The van der Waals surface area contributed by atoms with Crippen molar-refractivity contribution in [2.45, 2.75) is 174 Å². The van der Waals surface area contributed by atoms with Gasteiger partial charge in [-0.25, -0.2) is 40.7 Å². The van der Waals surface area contributed by atoms with Crippen LogP contribution >= 0.6 is 0 Å². The summed E-state index contributed by atoms with van der Waals surface area (Å²) >= 11 is 0. The first-order valence-corrected chi connectivity index (χ1v) is 26.8. The summed E-state index contributed by atoms with van der Waals surface area (Å²) in [5.74, 6) is -0.602. The van der Waals surface area contributed by atoms with Crippen molar-refractivity contribution < 1.29 is 64.5 Å². The number of carbonyl (C=O) groups is 7. The molecule has 0 aliphatic carbocycles. The Kier molecular flexibility index (Phi) is 25.5. The summed E-state index contributed by atoms with van der Waals surface area (Å²) in [7, 11) is -6.86. The van der Waals surface area contributed by atoms with Crippen molar-refractivity contribution in [3.8, 4) is 0 Å². The van der Waals surface area contributed by atoms with E-state index in [1.54, 1.807) is 46.3 Å². The Morgan fingerprint density at radius 2 is 1.20 bits per heavy atom. The van der Waals surface area contributed by atoms with Gasteiger partial charge in [-0.2, -0.15) is 10.3 Å². The number of alkyl carbamates (subject to hydrolysis) is 1. The van der Waals surface area contributed by atoms with E-state index in [-0.39, 0.29) is 63.1 Å². The van der Waals surface area contributed by atoms with Crippen LogP contribution in [0.1, 0.15) is 158 Å². The second-order valence-electron chi connectivity index (χ2n) is 24.2. The molecule has 2 saturated heterocycles. The molecule has 6 N–H and O–H groups in total. The molecule has 0 bridgehead atoms. The first kappa shape index (κ1) is 70.0. The van der Waals surface area contributed by atoms with Crippen molar-refractivity contribution in [1.82, 2.24) is 35.5 Å². The van der Waals surface area contributed by atoms with E-state index >= 15 is 0 Å². The highest BCUT2D eigenvalue weighted by Gasteiger charge is 2.41. The number of amides is 8. The van der Waals surface area contributed by atoms with Crippen LogP contribution in [0.15, 0.2) is 36.0 Å². The van der Waals surface area contributed by atoms with E-state index in [0.29, 0.717) is 18.7 Å². The lowest BCUT2D eigenvalue weighted by Gasteiger charge is -2.29. The first-order valence-electron chi connectivity index (χ1n) is 23.0. The van der Waals surface area contributed by atoms with E-state index in [9.17, 15) is 55.2 Å². The number of aromatic nitrogens is 1. The second-order valence-corrected chi connectivity index (χ2v) is 27.7. The van der Waals surface area contributed by atoms with Gasteiger partial charge in [0, 0.05) is 44.2 Å². The predicted molar refractivity (Wildman–Crippen MR) is 279 cm³/mol. The van der Waals surface area contributed by atoms with Gasteiger partial charge in [0.1, 0.15) is 18.8 Å². The Morgan fingerprint density at radius 3 is 1.39 bits per heavy atom. The van der Waals surface area contributed by atoms with E-state index in [0.717, 1.165) is 23.9 Å². The summed E-state index contributed by atoms with van der Waals surface area (Å²) in [6, 6.07) is 0.479. The maximum Gasteiger partial charge on any atom is 0.414 e. The number of imide groups is 2. The number of nitrogens with one attached hydrogen (secondary N) is 6. The lowest BCUT2D eigenvalue weighted by Crippen LogP contribution is -2.47. The fraction of sp³-hybridized carbons (Fsp3) is 0.739. The third kappa shape index (κ3) is 31.5. The number of carbonyl (C=O) groups excluding carboxylic acids is 7. The van der Waals surface area contributed by atoms with Gasteiger partial charge in [0.25, 0.3) is 11.5 Å². The molecule has 0 spiro atoms. The largest absolute Gasteiger partial charge is 0.435 e. The van der Waals surface area contributed by atoms with Gasteiger partial charge in [0.05, 0.1) is 30.4 Å². The van der Waals surface area contributed by atoms with Gasteiger partial charge in [0.15, 0.2) is 6.10 Å². The monoisotopic (exact) mass is 1090 g/mol. The Hall–Kier alpha value is -6.06. The average molecular weight is 1090 g/mol. The summed E-state index contributed by atoms with van der Waals surface area (Å²) in [5, 5.41) is 23.8. The number of H-pyrrole nitrogens is 1. The molecule has 5 heterocycles. The molecule has 1 aromatic heterocycles. The van der Waals surface area contributed by atoms with E-state index in [2.05, 4.69) is 67.3 Å². The number of hydrogen-bond acceptors (Lipinski definition) is 19. The minimum Gasteiger partial charge on any atom is -0.435 e. The zero-order chi connectivity index (χ0) is 59.0. The Bertz CT molecular complexity index is 2470. The average Bonchev–Trinajstić information content (AvgIpc) is 3.98. The fourth-order valence-electron chi connectivity index (χ4n) is 4.73. The van der Waals surface area contributed by atoms with Crippen LogP contribution in [0.3, 0.4) is 0 Å². The van der Waals surface area contributed by atoms with Crippen molar-refractivity contribution in [2.24, 2.45) is 42.3 Å². The maximum absolute atomic E-state index is 11.0. The van der Waals surface area contributed by atoms with Crippen LogP contribution in [0, 0.1) is 21.7 Å². The minimum absolute atomic E-state index is 0.0356. The van der Waals surface area contributed by atoms with Crippen LogP contribution in [-0.4, -0.2) is 123 Å². The van der Waals surface area contributed by atoms with Crippen LogP contribution in [0.4, 0.5) is 14.4 Å². The van der Waals surface area contributed by atoms with E-state index in [1.165, 1.54) is 11.0 Å². The van der Waals surface area contributed by atoms with Gasteiger partial charge in [-0.05, 0) is 46.8 Å². The van der Waals surface area contributed by atoms with E-state index < -0.39 is 55.1 Å². The number of hydrogen-bond donors (Lipinski definition) is 6. The minimum atomic E-state index is -3.46. The van der Waals surface area contributed by atoms with Crippen LogP contribution in [-0.2, 0) is 54.2 Å². The summed E-state index contributed by atoms with van der Waals surface area (Å²) in [6.07, 6.45) is 0.944. The van der Waals surface area contributed by atoms with E-state index in [4.69, 9.17) is 9.26 Å². The van der Waals surface area contributed by atoms with Crippen molar-refractivity contribution in [2.75, 3.05) is 25.6 Å². The maximum atomic E-state index is 11.0. The lowest BCUT2D eigenvalue weighted by molar-refractivity contribution is -0.140. The van der Waals surface area contributed by atoms with Crippen LogP contribution in [0.2, 0.25) is 0 Å². The second kappa shape index (κ2) is 26.9. The van der Waals surface area contributed by atoms with Crippen molar-refractivity contribution in [3.63, 3.8) is 0 Å². The van der Waals surface area contributed by atoms with Crippen molar-refractivity contribution in [3.05, 3.63) is 22.2 Å². The molecule has 1 aromatic rings. The molecule has 4 aliphatic heterocycles. The van der Waals surface area contributed by atoms with Gasteiger partial charge in [0.2, 0.25) is 31.9 Å². The highest BCUT2D eigenvalue weighted by molar-refractivity contribution is 7.89. The molecule has 74 heavy (non-hydrogen) atoms. The zero-order valence-corrected chi connectivity index (χ0v) is 49.1. The molecule has 4 aliphatic rings. The number of urea groups is 2. The number of oxime groups is 1. The Balaban J connectivity index is 0. The molecule has 2 fully saturated rings. The quantitative estimate of drug-likeness (QED) is 0.155. The summed E-state index contributed by atoms with van der Waals surface area (Å²) in [6.45, 7) is 40.6. The summed E-state index contributed by atoms with van der Waals surface area (Å²) in [5.41, 5.74) is 0.0593. The zero-order valence-electron chi connectivity index (χ0n) is 47.5. The highest BCUT2D eigenvalue weighted by atomic mass is 32.2. The van der Waals surface area contributed by atoms with Crippen molar-refractivity contribution in [1.29, 1.82) is 0 Å². The summed E-state index contributed by atoms with van der Waals surface area (Å²) in [4.78, 5) is 92.3. The normalized spacial score (nSPS) is 16.8. The van der Waals surface area contributed by atoms with Gasteiger partial charge in [-0.1, -0.05) is 109 Å². The predicted octanol–water partition coefficient (Wildman–Crippen LogP) is 5.61. The molecular weight excluding hydrogens is 1010 g/mol. The van der Waals surface area contributed by atoms with Gasteiger partial charge < -0.3 is 24.3 Å². The van der Waals surface area contributed by atoms with E-state index in [1.807, 2.05) is 87.8 Å². The SMILES string of the molecule is CC(C)(C)C(=O)NS(C)(=O)=O.CC(C)(C)C1=NN=NC1.CC(C)(C)C1=NOC(=O)C1.CC(C)(C)C1OC(=O)NC1=O.CC(C)(C)N1CC(=O)NC1=O.CC(C)(C)NC(=O)NS(C)(=O)=O.CC(C)(C)c1cc(=O)[nH]o1. The number of aromatic amines is 1. The van der Waals surface area contributed by atoms with Gasteiger partial charge in [-0.3, -0.25) is 34.5 Å². The number of sulfonamides is 2. The molecule has 28 heteroatoms. The summed E-state index contributed by atoms with van der Waals surface area (Å²) < 4.78 is 55.5. The number of nitrogens with zero attached hydrogens (tertiary/aromatic N) is 5. The molecule has 1 unspecified atom stereocenters. The number of rotatable bonds is 2. The molecule has 8 amide bonds. The van der Waals surface area contributed by atoms with Crippen molar-refractivity contribution >= 4 is 73.3 Å². The third-order valence-electron chi connectivity index (χ3n) is 8.82. The van der Waals surface area contributed by atoms with Gasteiger partial charge in [-0.15, -0.1) is 5.10 Å².